The zero-order valence-corrected chi connectivity index (χ0v) is 12.1. The van der Waals surface area contributed by atoms with Crippen LogP contribution in [-0.2, 0) is 4.79 Å². The first-order chi connectivity index (χ1) is 8.99. The van der Waals surface area contributed by atoms with Gasteiger partial charge in [0.05, 0.1) is 0 Å². The molecule has 0 aliphatic carbocycles. The molecule has 0 amide bonds. The molecule has 0 saturated carbocycles. The molecule has 1 atom stereocenters. The monoisotopic (exact) mass is 261 g/mol. The second kappa shape index (κ2) is 5.64. The van der Waals surface area contributed by atoms with E-state index in [1.807, 2.05) is 0 Å². The minimum atomic E-state index is -0.691. The average Bonchev–Trinajstić information content (AvgIpc) is 2.73. The first kappa shape index (κ1) is 13.9. The third-order valence-electron chi connectivity index (χ3n) is 3.99. The van der Waals surface area contributed by atoms with Crippen molar-refractivity contribution in [1.82, 2.24) is 0 Å². The fourth-order valence-corrected chi connectivity index (χ4v) is 3.35. The molecule has 1 aliphatic heterocycles. The Hall–Kier alpha value is -1.51. The van der Waals surface area contributed by atoms with Crippen molar-refractivity contribution >= 4 is 11.7 Å². The Labute approximate surface area is 115 Å². The zero-order valence-electron chi connectivity index (χ0n) is 12.1. The van der Waals surface area contributed by atoms with Gasteiger partial charge in [0, 0.05) is 24.7 Å². The molecule has 0 aromatic heterocycles. The molecule has 0 spiro atoms. The summed E-state index contributed by atoms with van der Waals surface area (Å²) in [6, 6.07) is 4.82. The molecule has 0 bridgehead atoms. The summed E-state index contributed by atoms with van der Waals surface area (Å²) >= 11 is 0. The Balaban J connectivity index is 2.22. The van der Waals surface area contributed by atoms with Crippen LogP contribution in [0.25, 0.3) is 0 Å². The summed E-state index contributed by atoms with van der Waals surface area (Å²) in [6.45, 7) is 7.48. The molecule has 19 heavy (non-hydrogen) atoms. The summed E-state index contributed by atoms with van der Waals surface area (Å²) in [7, 11) is 0. The van der Waals surface area contributed by atoms with Gasteiger partial charge in [-0.2, -0.15) is 0 Å². The zero-order chi connectivity index (χ0) is 14.0. The topological polar surface area (TPSA) is 40.5 Å². The molecule has 1 aliphatic rings. The lowest BCUT2D eigenvalue weighted by Gasteiger charge is -2.30. The van der Waals surface area contributed by atoms with Crippen molar-refractivity contribution in [2.45, 2.75) is 52.5 Å². The van der Waals surface area contributed by atoms with Gasteiger partial charge in [-0.1, -0.05) is 17.7 Å². The van der Waals surface area contributed by atoms with Crippen molar-refractivity contribution in [2.24, 2.45) is 0 Å². The minimum absolute atomic E-state index is 0.269. The van der Waals surface area contributed by atoms with Crippen LogP contribution in [0.4, 0.5) is 5.69 Å². The first-order valence-corrected chi connectivity index (χ1v) is 7.05. The molecule has 1 aromatic rings. The van der Waals surface area contributed by atoms with E-state index in [9.17, 15) is 4.79 Å². The maximum Gasteiger partial charge on any atom is 0.303 e. The summed E-state index contributed by atoms with van der Waals surface area (Å²) in [6.07, 6.45) is 3.30. The summed E-state index contributed by atoms with van der Waals surface area (Å²) in [5.74, 6) is -0.691. The lowest BCUT2D eigenvalue weighted by atomic mass is 10.0. The Morgan fingerprint density at radius 1 is 1.32 bits per heavy atom. The lowest BCUT2D eigenvalue weighted by Crippen LogP contribution is -2.31. The number of carbonyl (C=O) groups is 1. The SMILES string of the molecule is Cc1cc(C)c(N2CCCC2CCC(=O)O)c(C)c1. The second-order valence-corrected chi connectivity index (χ2v) is 5.67. The number of rotatable bonds is 4. The third kappa shape index (κ3) is 3.09. The highest BCUT2D eigenvalue weighted by atomic mass is 16.4. The highest BCUT2D eigenvalue weighted by Gasteiger charge is 2.27. The van der Waals surface area contributed by atoms with Crippen LogP contribution in [0, 0.1) is 20.8 Å². The molecule has 1 saturated heterocycles. The van der Waals surface area contributed by atoms with Crippen LogP contribution in [0.5, 0.6) is 0 Å². The van der Waals surface area contributed by atoms with Crippen LogP contribution in [0.3, 0.4) is 0 Å². The molecule has 3 nitrogen and oxygen atoms in total. The van der Waals surface area contributed by atoms with Crippen molar-refractivity contribution in [3.63, 3.8) is 0 Å². The van der Waals surface area contributed by atoms with Crippen LogP contribution in [0.2, 0.25) is 0 Å². The number of carboxylic acid groups (broad SMARTS) is 1. The summed E-state index contributed by atoms with van der Waals surface area (Å²) in [5.41, 5.74) is 5.22. The summed E-state index contributed by atoms with van der Waals surface area (Å²) in [4.78, 5) is 13.2. The predicted molar refractivity (Wildman–Crippen MR) is 77.9 cm³/mol. The molecule has 104 valence electrons. The van der Waals surface area contributed by atoms with Gasteiger partial charge < -0.3 is 10.0 Å². The minimum Gasteiger partial charge on any atom is -0.481 e. The predicted octanol–water partition coefficient (Wildman–Crippen LogP) is 3.45. The van der Waals surface area contributed by atoms with E-state index >= 15 is 0 Å². The van der Waals surface area contributed by atoms with Gasteiger partial charge in [-0.05, 0) is 51.2 Å². The van der Waals surface area contributed by atoms with Crippen LogP contribution in [0.1, 0.15) is 42.4 Å². The Morgan fingerprint density at radius 2 is 1.95 bits per heavy atom. The number of anilines is 1. The fourth-order valence-electron chi connectivity index (χ4n) is 3.35. The van der Waals surface area contributed by atoms with E-state index in [1.54, 1.807) is 0 Å². The molecule has 1 N–H and O–H groups in total. The smallest absolute Gasteiger partial charge is 0.303 e. The number of aryl methyl sites for hydroxylation is 3. The Kier molecular flexibility index (Phi) is 4.13. The highest BCUT2D eigenvalue weighted by molar-refractivity contribution is 5.67. The van der Waals surface area contributed by atoms with Crippen molar-refractivity contribution in [2.75, 3.05) is 11.4 Å². The van der Waals surface area contributed by atoms with E-state index in [1.165, 1.54) is 22.4 Å². The van der Waals surface area contributed by atoms with Gasteiger partial charge in [0.2, 0.25) is 0 Å². The maximum atomic E-state index is 10.8. The lowest BCUT2D eigenvalue weighted by molar-refractivity contribution is -0.137. The first-order valence-electron chi connectivity index (χ1n) is 7.05. The number of nitrogens with zero attached hydrogens (tertiary/aromatic N) is 1. The summed E-state index contributed by atoms with van der Waals surface area (Å²) in [5, 5.41) is 8.86. The van der Waals surface area contributed by atoms with Crippen molar-refractivity contribution in [1.29, 1.82) is 0 Å². The van der Waals surface area contributed by atoms with E-state index in [4.69, 9.17) is 5.11 Å². The Bertz CT molecular complexity index is 459. The van der Waals surface area contributed by atoms with E-state index in [0.717, 1.165) is 25.8 Å². The third-order valence-corrected chi connectivity index (χ3v) is 3.99. The molecule has 3 heteroatoms. The van der Waals surface area contributed by atoms with Crippen LogP contribution in [0.15, 0.2) is 12.1 Å². The van der Waals surface area contributed by atoms with Gasteiger partial charge in [0.15, 0.2) is 0 Å². The number of hydrogen-bond acceptors (Lipinski definition) is 2. The molecule has 2 rings (SSSR count). The molecule has 1 heterocycles. The molecular formula is C16H23NO2. The van der Waals surface area contributed by atoms with E-state index in [0.29, 0.717) is 6.04 Å². The van der Waals surface area contributed by atoms with Crippen LogP contribution in [-0.4, -0.2) is 23.7 Å². The number of benzene rings is 1. The van der Waals surface area contributed by atoms with Gasteiger partial charge in [-0.25, -0.2) is 0 Å². The van der Waals surface area contributed by atoms with Crippen molar-refractivity contribution in [3.8, 4) is 0 Å². The molecular weight excluding hydrogens is 238 g/mol. The normalized spacial score (nSPS) is 18.9. The second-order valence-electron chi connectivity index (χ2n) is 5.67. The van der Waals surface area contributed by atoms with Gasteiger partial charge in [0.25, 0.3) is 0 Å². The fraction of sp³-hybridized carbons (Fsp3) is 0.562. The molecule has 1 fully saturated rings. The summed E-state index contributed by atoms with van der Waals surface area (Å²) < 4.78 is 0. The quantitative estimate of drug-likeness (QED) is 0.902. The van der Waals surface area contributed by atoms with E-state index in [2.05, 4.69) is 37.8 Å². The van der Waals surface area contributed by atoms with Crippen LogP contribution < -0.4 is 4.90 Å². The standard InChI is InChI=1S/C16H23NO2/c1-11-9-12(2)16(13(3)10-11)17-8-4-5-14(17)6-7-15(18)19/h9-10,14H,4-8H2,1-3H3,(H,18,19). The largest absolute Gasteiger partial charge is 0.481 e. The molecule has 0 radical (unpaired) electrons. The average molecular weight is 261 g/mol. The van der Waals surface area contributed by atoms with Crippen molar-refractivity contribution < 1.29 is 9.90 Å². The van der Waals surface area contributed by atoms with Crippen molar-refractivity contribution in [3.05, 3.63) is 28.8 Å². The Morgan fingerprint density at radius 3 is 2.53 bits per heavy atom. The van der Waals surface area contributed by atoms with Gasteiger partial charge >= 0.3 is 5.97 Å². The molecule has 1 unspecified atom stereocenters. The highest BCUT2D eigenvalue weighted by Crippen LogP contribution is 2.33. The van der Waals surface area contributed by atoms with E-state index in [-0.39, 0.29) is 6.42 Å². The number of carboxylic acids is 1. The molecule has 1 aromatic carbocycles. The van der Waals surface area contributed by atoms with Gasteiger partial charge in [-0.15, -0.1) is 0 Å². The van der Waals surface area contributed by atoms with E-state index < -0.39 is 5.97 Å². The van der Waals surface area contributed by atoms with Crippen LogP contribution >= 0.6 is 0 Å². The number of aliphatic carboxylic acids is 1. The number of hydrogen-bond donors (Lipinski definition) is 1. The maximum absolute atomic E-state index is 10.8. The van der Waals surface area contributed by atoms with Gasteiger partial charge in [-0.3, -0.25) is 4.79 Å². The van der Waals surface area contributed by atoms with Gasteiger partial charge in [0.1, 0.15) is 0 Å².